The highest BCUT2D eigenvalue weighted by Gasteiger charge is 2.36. The largest absolute Gasteiger partial charge is 0.481 e. The van der Waals surface area contributed by atoms with E-state index < -0.39 is 0 Å². The molecule has 0 spiro atoms. The van der Waals surface area contributed by atoms with E-state index in [-0.39, 0.29) is 5.60 Å². The van der Waals surface area contributed by atoms with E-state index in [0.717, 1.165) is 31.5 Å². The van der Waals surface area contributed by atoms with Crippen LogP contribution in [0, 0.1) is 0 Å². The minimum absolute atomic E-state index is 0.0649. The van der Waals surface area contributed by atoms with Crippen LogP contribution in [0.2, 0.25) is 0 Å². The maximum Gasteiger partial charge on any atom is 0.217 e. The summed E-state index contributed by atoms with van der Waals surface area (Å²) in [6, 6.07) is 3.95. The molecule has 0 atom stereocenters. The first-order chi connectivity index (χ1) is 8.29. The van der Waals surface area contributed by atoms with Gasteiger partial charge in [-0.05, 0) is 25.3 Å². The highest BCUT2D eigenvalue weighted by molar-refractivity contribution is 5.25. The fourth-order valence-electron chi connectivity index (χ4n) is 2.19. The number of methoxy groups -OCH3 is 2. The molecule has 1 aromatic rings. The molecule has 0 saturated heterocycles. The Morgan fingerprint density at radius 3 is 2.82 bits per heavy atom. The molecule has 0 unspecified atom stereocenters. The van der Waals surface area contributed by atoms with Gasteiger partial charge in [0.25, 0.3) is 0 Å². The highest BCUT2D eigenvalue weighted by atomic mass is 16.5. The van der Waals surface area contributed by atoms with Crippen molar-refractivity contribution in [3.05, 3.63) is 23.9 Å². The fourth-order valence-corrected chi connectivity index (χ4v) is 2.19. The molecule has 1 aliphatic rings. The summed E-state index contributed by atoms with van der Waals surface area (Å²) in [6.07, 6.45) is 5.32. The average molecular weight is 236 g/mol. The lowest BCUT2D eigenvalue weighted by atomic mass is 9.80. The summed E-state index contributed by atoms with van der Waals surface area (Å²) >= 11 is 0. The van der Waals surface area contributed by atoms with Crippen LogP contribution < -0.4 is 10.1 Å². The molecular weight excluding hydrogens is 216 g/mol. The van der Waals surface area contributed by atoms with Gasteiger partial charge in [-0.25, -0.2) is 4.98 Å². The van der Waals surface area contributed by atoms with Crippen LogP contribution >= 0.6 is 0 Å². The van der Waals surface area contributed by atoms with Crippen molar-refractivity contribution < 1.29 is 9.47 Å². The van der Waals surface area contributed by atoms with Crippen molar-refractivity contribution in [1.29, 1.82) is 0 Å². The Morgan fingerprint density at radius 2 is 2.24 bits per heavy atom. The molecule has 2 rings (SSSR count). The van der Waals surface area contributed by atoms with Gasteiger partial charge in [0.05, 0.1) is 12.7 Å². The number of ether oxygens (including phenoxy) is 2. The highest BCUT2D eigenvalue weighted by Crippen LogP contribution is 2.34. The van der Waals surface area contributed by atoms with Crippen LogP contribution in [-0.4, -0.2) is 31.3 Å². The van der Waals surface area contributed by atoms with Gasteiger partial charge >= 0.3 is 0 Å². The third-order valence-corrected chi connectivity index (χ3v) is 3.50. The second-order valence-corrected chi connectivity index (χ2v) is 4.52. The van der Waals surface area contributed by atoms with Gasteiger partial charge in [0.2, 0.25) is 5.88 Å². The summed E-state index contributed by atoms with van der Waals surface area (Å²) in [5, 5.41) is 3.43. The van der Waals surface area contributed by atoms with E-state index in [9.17, 15) is 0 Å². The van der Waals surface area contributed by atoms with Gasteiger partial charge in [-0.15, -0.1) is 0 Å². The Kier molecular flexibility index (Phi) is 3.97. The number of hydrogen-bond donors (Lipinski definition) is 1. The molecule has 4 nitrogen and oxygen atoms in total. The molecule has 0 radical (unpaired) electrons. The molecule has 0 aromatic carbocycles. The average Bonchev–Trinajstić information content (AvgIpc) is 2.33. The molecule has 1 fully saturated rings. The molecule has 94 valence electrons. The van der Waals surface area contributed by atoms with Crippen LogP contribution in [0.4, 0.5) is 0 Å². The Morgan fingerprint density at radius 1 is 1.41 bits per heavy atom. The van der Waals surface area contributed by atoms with Gasteiger partial charge in [0.15, 0.2) is 0 Å². The molecule has 4 heteroatoms. The molecule has 0 amide bonds. The minimum Gasteiger partial charge on any atom is -0.481 e. The summed E-state index contributed by atoms with van der Waals surface area (Å²) in [4.78, 5) is 4.17. The SMILES string of the molecule is COc1ncccc1CNCC1(OC)CCC1. The predicted molar refractivity (Wildman–Crippen MR) is 66.1 cm³/mol. The van der Waals surface area contributed by atoms with Gasteiger partial charge in [-0.3, -0.25) is 0 Å². The van der Waals surface area contributed by atoms with Crippen molar-refractivity contribution >= 4 is 0 Å². The minimum atomic E-state index is 0.0649. The van der Waals surface area contributed by atoms with Gasteiger partial charge < -0.3 is 14.8 Å². The van der Waals surface area contributed by atoms with Crippen LogP contribution in [0.25, 0.3) is 0 Å². The standard InChI is InChI=1S/C13H20N2O2/c1-16-12-11(5-3-8-15-12)9-14-10-13(17-2)6-4-7-13/h3,5,8,14H,4,6-7,9-10H2,1-2H3. The molecule has 17 heavy (non-hydrogen) atoms. The number of nitrogens with one attached hydrogen (secondary N) is 1. The number of aromatic nitrogens is 1. The maximum absolute atomic E-state index is 5.56. The van der Waals surface area contributed by atoms with Gasteiger partial charge in [-0.2, -0.15) is 0 Å². The molecule has 1 aromatic heterocycles. The van der Waals surface area contributed by atoms with E-state index in [1.165, 1.54) is 6.42 Å². The van der Waals surface area contributed by atoms with Crippen LogP contribution in [0.15, 0.2) is 18.3 Å². The van der Waals surface area contributed by atoms with Crippen molar-refractivity contribution in [1.82, 2.24) is 10.3 Å². The summed E-state index contributed by atoms with van der Waals surface area (Å²) in [5.41, 5.74) is 1.15. The van der Waals surface area contributed by atoms with E-state index in [1.54, 1.807) is 20.4 Å². The second-order valence-electron chi connectivity index (χ2n) is 4.52. The number of pyridine rings is 1. The van der Waals surface area contributed by atoms with E-state index in [0.29, 0.717) is 5.88 Å². The third kappa shape index (κ3) is 2.76. The lowest BCUT2D eigenvalue weighted by molar-refractivity contribution is -0.0695. The van der Waals surface area contributed by atoms with Crippen molar-refractivity contribution in [2.45, 2.75) is 31.4 Å². The summed E-state index contributed by atoms with van der Waals surface area (Å²) < 4.78 is 10.8. The molecule has 1 saturated carbocycles. The summed E-state index contributed by atoms with van der Waals surface area (Å²) in [5.74, 6) is 0.695. The predicted octanol–water partition coefficient (Wildman–Crippen LogP) is 1.75. The zero-order chi connectivity index (χ0) is 12.1. The third-order valence-electron chi connectivity index (χ3n) is 3.50. The Bertz CT molecular complexity index is 359. The normalized spacial score (nSPS) is 17.5. The van der Waals surface area contributed by atoms with Crippen molar-refractivity contribution in [2.75, 3.05) is 20.8 Å². The Balaban J connectivity index is 1.85. The van der Waals surface area contributed by atoms with Crippen LogP contribution in [0.1, 0.15) is 24.8 Å². The number of rotatable bonds is 6. The lowest BCUT2D eigenvalue weighted by Crippen LogP contribution is -2.47. The van der Waals surface area contributed by atoms with E-state index >= 15 is 0 Å². The van der Waals surface area contributed by atoms with Crippen LogP contribution in [0.5, 0.6) is 5.88 Å². The van der Waals surface area contributed by atoms with Gasteiger partial charge in [0.1, 0.15) is 0 Å². The summed E-state index contributed by atoms with van der Waals surface area (Å²) in [7, 11) is 3.44. The molecule has 1 N–H and O–H groups in total. The van der Waals surface area contributed by atoms with Crippen LogP contribution in [-0.2, 0) is 11.3 Å². The van der Waals surface area contributed by atoms with Crippen molar-refractivity contribution in [3.8, 4) is 5.88 Å². The molecule has 1 heterocycles. The van der Waals surface area contributed by atoms with Gasteiger partial charge in [0, 0.05) is 32.0 Å². The maximum atomic E-state index is 5.56. The molecule has 1 aliphatic carbocycles. The van der Waals surface area contributed by atoms with Crippen molar-refractivity contribution in [3.63, 3.8) is 0 Å². The van der Waals surface area contributed by atoms with E-state index in [4.69, 9.17) is 9.47 Å². The fraction of sp³-hybridized carbons (Fsp3) is 0.615. The zero-order valence-corrected chi connectivity index (χ0v) is 10.5. The molecular formula is C13H20N2O2. The van der Waals surface area contributed by atoms with E-state index in [2.05, 4.69) is 10.3 Å². The zero-order valence-electron chi connectivity index (χ0n) is 10.5. The Labute approximate surface area is 102 Å². The molecule has 0 bridgehead atoms. The number of nitrogens with zero attached hydrogens (tertiary/aromatic N) is 1. The first-order valence-corrected chi connectivity index (χ1v) is 6.03. The van der Waals surface area contributed by atoms with Crippen LogP contribution in [0.3, 0.4) is 0 Å². The smallest absolute Gasteiger partial charge is 0.217 e. The topological polar surface area (TPSA) is 43.4 Å². The van der Waals surface area contributed by atoms with Crippen molar-refractivity contribution in [2.24, 2.45) is 0 Å². The number of hydrogen-bond acceptors (Lipinski definition) is 4. The first-order valence-electron chi connectivity index (χ1n) is 6.03. The quantitative estimate of drug-likeness (QED) is 0.817. The van der Waals surface area contributed by atoms with Gasteiger partial charge in [-0.1, -0.05) is 6.07 Å². The first kappa shape index (κ1) is 12.3. The lowest BCUT2D eigenvalue weighted by Gasteiger charge is -2.40. The van der Waals surface area contributed by atoms with E-state index in [1.807, 2.05) is 12.1 Å². The second kappa shape index (κ2) is 5.47. The monoisotopic (exact) mass is 236 g/mol. The molecule has 0 aliphatic heterocycles. The Hall–Kier alpha value is -1.13. The summed E-state index contributed by atoms with van der Waals surface area (Å²) in [6.45, 7) is 1.66.